The van der Waals surface area contributed by atoms with E-state index in [4.69, 9.17) is 4.74 Å². The number of likely N-dealkylation sites (N-methyl/N-ethyl adjacent to an activating group) is 1. The third-order valence-electron chi connectivity index (χ3n) is 7.07. The van der Waals surface area contributed by atoms with Gasteiger partial charge in [-0.05, 0) is 76.4 Å². The molecular formula is C33H33Br2N3O5S. The molecule has 0 radical (unpaired) electrons. The predicted octanol–water partition coefficient (Wildman–Crippen LogP) is 6.11. The summed E-state index contributed by atoms with van der Waals surface area (Å²) in [6.45, 7) is 1.44. The van der Waals surface area contributed by atoms with Crippen molar-refractivity contribution < 1.29 is 22.7 Å². The number of sulfonamides is 1. The van der Waals surface area contributed by atoms with E-state index in [0.29, 0.717) is 15.9 Å². The van der Waals surface area contributed by atoms with Gasteiger partial charge in [0.1, 0.15) is 18.3 Å². The van der Waals surface area contributed by atoms with E-state index in [1.165, 1.54) is 31.2 Å². The largest absolute Gasteiger partial charge is 0.496 e. The van der Waals surface area contributed by atoms with Crippen molar-refractivity contribution in [3.63, 3.8) is 0 Å². The minimum absolute atomic E-state index is 0.0239. The van der Waals surface area contributed by atoms with Gasteiger partial charge in [0.25, 0.3) is 10.0 Å². The number of nitrogens with one attached hydrogen (secondary N) is 1. The van der Waals surface area contributed by atoms with Crippen molar-refractivity contribution in [3.05, 3.63) is 123 Å². The van der Waals surface area contributed by atoms with Crippen LogP contribution in [0, 0.1) is 6.92 Å². The molecule has 0 aromatic heterocycles. The summed E-state index contributed by atoms with van der Waals surface area (Å²) >= 11 is 6.86. The molecule has 1 N–H and O–H groups in total. The summed E-state index contributed by atoms with van der Waals surface area (Å²) in [4.78, 5) is 29.2. The van der Waals surface area contributed by atoms with Crippen LogP contribution in [0.15, 0.2) is 111 Å². The Labute approximate surface area is 275 Å². The molecule has 0 aliphatic heterocycles. The quantitative estimate of drug-likeness (QED) is 0.189. The first-order chi connectivity index (χ1) is 21.0. The Balaban J connectivity index is 1.80. The highest BCUT2D eigenvalue weighted by atomic mass is 79.9. The summed E-state index contributed by atoms with van der Waals surface area (Å²) in [6.07, 6.45) is 0.239. The fourth-order valence-corrected chi connectivity index (χ4v) is 7.31. The van der Waals surface area contributed by atoms with Crippen LogP contribution in [0.2, 0.25) is 0 Å². The molecule has 4 aromatic rings. The third kappa shape index (κ3) is 8.08. The van der Waals surface area contributed by atoms with Gasteiger partial charge in [-0.3, -0.25) is 13.9 Å². The molecule has 0 bridgehead atoms. The van der Waals surface area contributed by atoms with Gasteiger partial charge < -0.3 is 15.0 Å². The van der Waals surface area contributed by atoms with Gasteiger partial charge in [-0.2, -0.15) is 0 Å². The molecule has 8 nitrogen and oxygen atoms in total. The Morgan fingerprint density at radius 1 is 0.886 bits per heavy atom. The molecule has 230 valence electrons. The van der Waals surface area contributed by atoms with Crippen LogP contribution in [0.4, 0.5) is 5.69 Å². The highest BCUT2D eigenvalue weighted by Gasteiger charge is 2.34. The predicted molar refractivity (Wildman–Crippen MR) is 179 cm³/mol. The maximum Gasteiger partial charge on any atom is 0.264 e. The number of halogens is 2. The second-order valence-corrected chi connectivity index (χ2v) is 13.7. The smallest absolute Gasteiger partial charge is 0.264 e. The second kappa shape index (κ2) is 14.9. The van der Waals surface area contributed by atoms with E-state index in [-0.39, 0.29) is 23.8 Å². The molecule has 0 heterocycles. The first kappa shape index (κ1) is 33.2. The molecule has 0 spiro atoms. The topological polar surface area (TPSA) is 96.0 Å². The lowest BCUT2D eigenvalue weighted by Crippen LogP contribution is -2.53. The van der Waals surface area contributed by atoms with E-state index in [1.807, 2.05) is 61.5 Å². The molecule has 0 fully saturated rings. The Bertz CT molecular complexity index is 1720. The molecule has 2 amide bonds. The van der Waals surface area contributed by atoms with Gasteiger partial charge in [-0.25, -0.2) is 8.42 Å². The number of aryl methyl sites for hydroxylation is 1. The van der Waals surface area contributed by atoms with Gasteiger partial charge in [-0.1, -0.05) is 76.1 Å². The number of benzene rings is 4. The van der Waals surface area contributed by atoms with E-state index in [2.05, 4.69) is 37.2 Å². The molecule has 0 saturated carbocycles. The minimum Gasteiger partial charge on any atom is -0.496 e. The van der Waals surface area contributed by atoms with E-state index in [0.717, 1.165) is 25.5 Å². The molecule has 1 unspecified atom stereocenters. The van der Waals surface area contributed by atoms with Gasteiger partial charge in [0.2, 0.25) is 11.8 Å². The molecule has 11 heteroatoms. The van der Waals surface area contributed by atoms with Crippen LogP contribution in [0.25, 0.3) is 0 Å². The van der Waals surface area contributed by atoms with Crippen molar-refractivity contribution in [2.24, 2.45) is 0 Å². The summed E-state index contributed by atoms with van der Waals surface area (Å²) in [6, 6.07) is 27.3. The summed E-state index contributed by atoms with van der Waals surface area (Å²) in [7, 11) is -1.23. The number of nitrogens with zero attached hydrogens (tertiary/aromatic N) is 2. The fourth-order valence-electron chi connectivity index (χ4n) is 4.73. The van der Waals surface area contributed by atoms with Crippen LogP contribution >= 0.6 is 31.9 Å². The van der Waals surface area contributed by atoms with Crippen molar-refractivity contribution in [1.82, 2.24) is 10.2 Å². The van der Waals surface area contributed by atoms with Gasteiger partial charge in [0, 0.05) is 24.5 Å². The van der Waals surface area contributed by atoms with Crippen LogP contribution in [0.5, 0.6) is 5.75 Å². The Morgan fingerprint density at radius 2 is 1.57 bits per heavy atom. The Morgan fingerprint density at radius 3 is 2.18 bits per heavy atom. The van der Waals surface area contributed by atoms with E-state index in [9.17, 15) is 18.0 Å². The van der Waals surface area contributed by atoms with Gasteiger partial charge in [0.05, 0.1) is 22.2 Å². The number of carbonyl (C=O) groups excluding carboxylic acids is 2. The fraction of sp³-hybridized carbons (Fsp3) is 0.212. The number of amides is 2. The molecule has 4 aromatic carbocycles. The summed E-state index contributed by atoms with van der Waals surface area (Å²) in [5.74, 6) is -0.427. The zero-order valence-electron chi connectivity index (χ0n) is 24.5. The van der Waals surface area contributed by atoms with Crippen molar-refractivity contribution in [3.8, 4) is 5.75 Å². The van der Waals surface area contributed by atoms with Crippen LogP contribution in [0.3, 0.4) is 0 Å². The lowest BCUT2D eigenvalue weighted by Gasteiger charge is -2.33. The Kier molecular flexibility index (Phi) is 11.2. The molecular weight excluding hydrogens is 710 g/mol. The van der Waals surface area contributed by atoms with Crippen LogP contribution in [0.1, 0.15) is 16.7 Å². The van der Waals surface area contributed by atoms with Gasteiger partial charge >= 0.3 is 0 Å². The normalized spacial score (nSPS) is 11.8. The monoisotopic (exact) mass is 741 g/mol. The van der Waals surface area contributed by atoms with E-state index < -0.39 is 28.5 Å². The van der Waals surface area contributed by atoms with Gasteiger partial charge in [0.15, 0.2) is 0 Å². The number of carbonyl (C=O) groups is 2. The van der Waals surface area contributed by atoms with Crippen LogP contribution < -0.4 is 14.4 Å². The van der Waals surface area contributed by atoms with Crippen molar-refractivity contribution in [2.75, 3.05) is 25.0 Å². The first-order valence-electron chi connectivity index (χ1n) is 13.8. The maximum absolute atomic E-state index is 14.4. The minimum atomic E-state index is -4.24. The lowest BCUT2D eigenvalue weighted by atomic mass is 10.0. The van der Waals surface area contributed by atoms with Crippen molar-refractivity contribution in [2.45, 2.75) is 30.8 Å². The van der Waals surface area contributed by atoms with E-state index in [1.54, 1.807) is 30.3 Å². The average Bonchev–Trinajstić information content (AvgIpc) is 3.02. The standard InChI is InChI=1S/C33H33Br2N3O5S/c1-23-12-14-27(15-13-23)38(44(41,42)28-16-17-31(43-3)29(35)20-28)22-32(39)37(21-25-10-7-11-26(34)18-25)30(33(40)36-2)19-24-8-5-4-6-9-24/h4-18,20,30H,19,21-22H2,1-3H3,(H,36,40). The Hall–Kier alpha value is -3.67. The molecule has 4 rings (SSSR count). The van der Waals surface area contributed by atoms with Gasteiger partial charge in [-0.15, -0.1) is 0 Å². The van der Waals surface area contributed by atoms with Crippen LogP contribution in [-0.4, -0.2) is 51.9 Å². The molecule has 1 atom stereocenters. The molecule has 0 aliphatic rings. The number of hydrogen-bond donors (Lipinski definition) is 1. The number of rotatable bonds is 12. The third-order valence-corrected chi connectivity index (χ3v) is 9.95. The first-order valence-corrected chi connectivity index (χ1v) is 16.8. The highest BCUT2D eigenvalue weighted by Crippen LogP contribution is 2.31. The maximum atomic E-state index is 14.4. The van der Waals surface area contributed by atoms with Crippen molar-refractivity contribution in [1.29, 1.82) is 0 Å². The lowest BCUT2D eigenvalue weighted by molar-refractivity contribution is -0.139. The van der Waals surface area contributed by atoms with Crippen molar-refractivity contribution >= 4 is 59.4 Å². The molecule has 44 heavy (non-hydrogen) atoms. The zero-order valence-corrected chi connectivity index (χ0v) is 28.5. The summed E-state index contributed by atoms with van der Waals surface area (Å²) in [5, 5.41) is 2.69. The molecule has 0 saturated heterocycles. The number of ether oxygens (including phenoxy) is 1. The van der Waals surface area contributed by atoms with Crippen LogP contribution in [-0.2, 0) is 32.6 Å². The number of hydrogen-bond acceptors (Lipinski definition) is 5. The number of methoxy groups -OCH3 is 1. The zero-order chi connectivity index (χ0) is 31.9. The average molecular weight is 744 g/mol. The highest BCUT2D eigenvalue weighted by molar-refractivity contribution is 9.10. The van der Waals surface area contributed by atoms with E-state index >= 15 is 0 Å². The SMILES string of the molecule is CNC(=O)C(Cc1ccccc1)N(Cc1cccc(Br)c1)C(=O)CN(c1ccc(C)cc1)S(=O)(=O)c1ccc(OC)c(Br)c1. The summed E-state index contributed by atoms with van der Waals surface area (Å²) in [5.41, 5.74) is 2.89. The number of anilines is 1. The second-order valence-electron chi connectivity index (χ2n) is 10.1. The summed E-state index contributed by atoms with van der Waals surface area (Å²) < 4.78 is 36.0. The molecule has 0 aliphatic carbocycles.